The van der Waals surface area contributed by atoms with Crippen molar-refractivity contribution in [1.82, 2.24) is 20.5 Å². The van der Waals surface area contributed by atoms with Crippen LogP contribution in [0.2, 0.25) is 0 Å². The number of carbonyl (C=O) groups excluding carboxylic acids is 1. The second-order valence-corrected chi connectivity index (χ2v) is 7.07. The van der Waals surface area contributed by atoms with Gasteiger partial charge in [0.1, 0.15) is 11.6 Å². The minimum absolute atomic E-state index is 0.316. The fourth-order valence-corrected chi connectivity index (χ4v) is 2.48. The number of nitrogens with one attached hydrogen (secondary N) is 1. The van der Waals surface area contributed by atoms with Gasteiger partial charge in [-0.3, -0.25) is 4.98 Å². The van der Waals surface area contributed by atoms with E-state index in [4.69, 9.17) is 9.15 Å². The summed E-state index contributed by atoms with van der Waals surface area (Å²) < 4.78 is 11.2. The van der Waals surface area contributed by atoms with E-state index in [1.165, 1.54) is 0 Å². The summed E-state index contributed by atoms with van der Waals surface area (Å²) in [6, 6.07) is 12.7. The van der Waals surface area contributed by atoms with Crippen LogP contribution >= 0.6 is 0 Å². The topological polar surface area (TPSA) is 90.1 Å². The Hall–Kier alpha value is -3.22. The number of ether oxygens (including phenoxy) is 1. The van der Waals surface area contributed by atoms with Crippen LogP contribution in [0.4, 0.5) is 4.79 Å². The lowest BCUT2D eigenvalue weighted by atomic mass is 10.1. The van der Waals surface area contributed by atoms with Gasteiger partial charge in [-0.15, -0.1) is 10.2 Å². The van der Waals surface area contributed by atoms with Crippen LogP contribution in [-0.4, -0.2) is 26.9 Å². The van der Waals surface area contributed by atoms with Crippen molar-refractivity contribution in [2.45, 2.75) is 38.8 Å². The smallest absolute Gasteiger partial charge is 0.408 e. The van der Waals surface area contributed by atoms with Crippen LogP contribution in [0, 0.1) is 0 Å². The molecule has 7 heteroatoms. The van der Waals surface area contributed by atoms with E-state index >= 15 is 0 Å². The highest BCUT2D eigenvalue weighted by Crippen LogP contribution is 2.23. The molecule has 0 aliphatic carbocycles. The van der Waals surface area contributed by atoms with E-state index in [-0.39, 0.29) is 0 Å². The van der Waals surface area contributed by atoms with Gasteiger partial charge >= 0.3 is 6.09 Å². The van der Waals surface area contributed by atoms with Crippen molar-refractivity contribution in [1.29, 1.82) is 0 Å². The molecule has 0 saturated heterocycles. The van der Waals surface area contributed by atoms with Crippen molar-refractivity contribution < 1.29 is 13.9 Å². The molecule has 0 bridgehead atoms. The Morgan fingerprint density at radius 1 is 1.11 bits per heavy atom. The molecule has 0 saturated carbocycles. The molecule has 0 radical (unpaired) electrons. The number of hydrogen-bond acceptors (Lipinski definition) is 6. The summed E-state index contributed by atoms with van der Waals surface area (Å²) in [7, 11) is 0. The Kier molecular flexibility index (Phi) is 5.49. The first-order chi connectivity index (χ1) is 12.9. The number of carbonyl (C=O) groups is 1. The van der Waals surface area contributed by atoms with Gasteiger partial charge < -0.3 is 14.5 Å². The van der Waals surface area contributed by atoms with Gasteiger partial charge in [0, 0.05) is 24.4 Å². The second-order valence-electron chi connectivity index (χ2n) is 7.07. The van der Waals surface area contributed by atoms with E-state index in [1.54, 1.807) is 12.4 Å². The molecule has 0 fully saturated rings. The highest BCUT2D eigenvalue weighted by atomic mass is 16.6. The predicted octanol–water partition coefficient (Wildman–Crippen LogP) is 3.94. The molecule has 0 aliphatic heterocycles. The molecule has 1 N–H and O–H groups in total. The zero-order chi connectivity index (χ0) is 19.3. The zero-order valence-electron chi connectivity index (χ0n) is 15.5. The fraction of sp³-hybridized carbons (Fsp3) is 0.300. The third-order valence-electron chi connectivity index (χ3n) is 3.64. The van der Waals surface area contributed by atoms with Crippen LogP contribution in [0.3, 0.4) is 0 Å². The average molecular weight is 366 g/mol. The van der Waals surface area contributed by atoms with Crippen LogP contribution in [-0.2, 0) is 11.2 Å². The Balaban J connectivity index is 1.83. The van der Waals surface area contributed by atoms with Crippen molar-refractivity contribution >= 4 is 6.09 Å². The van der Waals surface area contributed by atoms with Crippen LogP contribution < -0.4 is 5.32 Å². The van der Waals surface area contributed by atoms with Crippen molar-refractivity contribution in [2.24, 2.45) is 0 Å². The standard InChI is InChI=1S/C20H22N4O3/c1-20(2,3)27-19(25)22-16(13-14-9-11-21-12-10-14)18-24-23-17(26-18)15-7-5-4-6-8-15/h4-12,16H,13H2,1-3H3,(H,22,25)/t16-/m0/s1. The Bertz CT molecular complexity index is 873. The third-order valence-corrected chi connectivity index (χ3v) is 3.64. The molecule has 0 aliphatic rings. The van der Waals surface area contributed by atoms with Gasteiger partial charge in [0.2, 0.25) is 11.8 Å². The number of pyridine rings is 1. The highest BCUT2D eigenvalue weighted by Gasteiger charge is 2.25. The number of nitrogens with zero attached hydrogens (tertiary/aromatic N) is 3. The molecular weight excluding hydrogens is 344 g/mol. The monoisotopic (exact) mass is 366 g/mol. The predicted molar refractivity (Wildman–Crippen MR) is 99.8 cm³/mol. The Morgan fingerprint density at radius 3 is 2.48 bits per heavy atom. The van der Waals surface area contributed by atoms with E-state index in [1.807, 2.05) is 63.2 Å². The summed E-state index contributed by atoms with van der Waals surface area (Å²) in [5, 5.41) is 11.1. The first-order valence-electron chi connectivity index (χ1n) is 8.68. The molecular formula is C20H22N4O3. The fourth-order valence-electron chi connectivity index (χ4n) is 2.48. The van der Waals surface area contributed by atoms with Gasteiger partial charge in [-0.05, 0) is 50.6 Å². The molecule has 2 heterocycles. The minimum atomic E-state index is -0.602. The Morgan fingerprint density at radius 2 is 1.81 bits per heavy atom. The highest BCUT2D eigenvalue weighted by molar-refractivity contribution is 5.68. The second kappa shape index (κ2) is 7.99. The van der Waals surface area contributed by atoms with Crippen LogP contribution in [0.15, 0.2) is 59.3 Å². The van der Waals surface area contributed by atoms with Gasteiger partial charge in [0.25, 0.3) is 0 Å². The number of rotatable bonds is 5. The molecule has 7 nitrogen and oxygen atoms in total. The lowest BCUT2D eigenvalue weighted by molar-refractivity contribution is 0.0495. The summed E-state index contributed by atoms with van der Waals surface area (Å²) in [5.74, 6) is 0.716. The zero-order valence-corrected chi connectivity index (χ0v) is 15.5. The molecule has 1 amide bonds. The number of aromatic nitrogens is 3. The third kappa shape index (κ3) is 5.37. The SMILES string of the molecule is CC(C)(C)OC(=O)N[C@@H](Cc1ccncc1)c1nnc(-c2ccccc2)o1. The maximum atomic E-state index is 12.3. The lowest BCUT2D eigenvalue weighted by Gasteiger charge is -2.22. The average Bonchev–Trinajstić information content (AvgIpc) is 3.11. The van der Waals surface area contributed by atoms with Crippen molar-refractivity contribution in [3.63, 3.8) is 0 Å². The van der Waals surface area contributed by atoms with E-state index in [0.717, 1.165) is 11.1 Å². The number of alkyl carbamates (subject to hydrolysis) is 1. The summed E-state index contributed by atoms with van der Waals surface area (Å²) >= 11 is 0. The van der Waals surface area contributed by atoms with Crippen molar-refractivity contribution in [2.75, 3.05) is 0 Å². The molecule has 1 atom stereocenters. The molecule has 1 aromatic carbocycles. The molecule has 3 aromatic rings. The molecule has 3 rings (SSSR count). The maximum absolute atomic E-state index is 12.3. The van der Waals surface area contributed by atoms with E-state index in [9.17, 15) is 4.79 Å². The van der Waals surface area contributed by atoms with Gasteiger partial charge in [-0.1, -0.05) is 18.2 Å². The van der Waals surface area contributed by atoms with Crippen LogP contribution in [0.25, 0.3) is 11.5 Å². The van der Waals surface area contributed by atoms with Crippen molar-refractivity contribution in [3.05, 3.63) is 66.3 Å². The van der Waals surface area contributed by atoms with Gasteiger partial charge in [0.15, 0.2) is 0 Å². The molecule has 0 spiro atoms. The van der Waals surface area contributed by atoms with E-state index in [2.05, 4.69) is 20.5 Å². The summed E-state index contributed by atoms with van der Waals surface area (Å²) in [6.07, 6.45) is 3.32. The molecule has 27 heavy (non-hydrogen) atoms. The first kappa shape index (κ1) is 18.6. The molecule has 2 aromatic heterocycles. The molecule has 140 valence electrons. The van der Waals surface area contributed by atoms with Crippen LogP contribution in [0.5, 0.6) is 0 Å². The van der Waals surface area contributed by atoms with E-state index in [0.29, 0.717) is 18.2 Å². The van der Waals surface area contributed by atoms with Crippen molar-refractivity contribution in [3.8, 4) is 11.5 Å². The number of amides is 1. The van der Waals surface area contributed by atoms with Crippen LogP contribution in [0.1, 0.15) is 38.3 Å². The normalized spacial score (nSPS) is 12.4. The summed E-state index contributed by atoms with van der Waals surface area (Å²) in [6.45, 7) is 5.43. The maximum Gasteiger partial charge on any atom is 0.408 e. The van der Waals surface area contributed by atoms with Gasteiger partial charge in [0.05, 0.1) is 0 Å². The summed E-state index contributed by atoms with van der Waals surface area (Å²) in [5.41, 5.74) is 1.19. The largest absolute Gasteiger partial charge is 0.444 e. The van der Waals surface area contributed by atoms with Gasteiger partial charge in [-0.2, -0.15) is 0 Å². The quantitative estimate of drug-likeness (QED) is 0.735. The van der Waals surface area contributed by atoms with Gasteiger partial charge in [-0.25, -0.2) is 4.79 Å². The Labute approximate surface area is 157 Å². The van der Waals surface area contributed by atoms with E-state index < -0.39 is 17.7 Å². The molecule has 0 unspecified atom stereocenters. The minimum Gasteiger partial charge on any atom is -0.444 e. The lowest BCUT2D eigenvalue weighted by Crippen LogP contribution is -2.36. The number of benzene rings is 1. The summed E-state index contributed by atoms with van der Waals surface area (Å²) in [4.78, 5) is 16.3. The number of hydrogen-bond donors (Lipinski definition) is 1. The first-order valence-corrected chi connectivity index (χ1v) is 8.68.